The van der Waals surface area contributed by atoms with Crippen LogP contribution in [0.1, 0.15) is 59.3 Å². The molecule has 0 bridgehead atoms. The van der Waals surface area contributed by atoms with Crippen LogP contribution < -0.4 is 5.73 Å². The molecule has 0 saturated carbocycles. The minimum atomic E-state index is 0.104. The molecule has 0 spiro atoms. The Hall–Kier alpha value is -0.120. The summed E-state index contributed by atoms with van der Waals surface area (Å²) in [4.78, 5) is 2.50. The van der Waals surface area contributed by atoms with Gasteiger partial charge in [-0.3, -0.25) is 4.90 Å². The first-order valence-electron chi connectivity index (χ1n) is 7.72. The summed E-state index contributed by atoms with van der Waals surface area (Å²) in [5.74, 6) is 0.600. The van der Waals surface area contributed by atoms with Crippen LogP contribution in [0.4, 0.5) is 0 Å². The molecule has 0 aromatic heterocycles. The van der Waals surface area contributed by atoms with E-state index in [2.05, 4.69) is 25.7 Å². The van der Waals surface area contributed by atoms with Gasteiger partial charge in [0.1, 0.15) is 0 Å². The van der Waals surface area contributed by atoms with Crippen LogP contribution in [0.15, 0.2) is 0 Å². The standard InChI is InChI=1S/C15H32N2O/c1-4-7-13-8-5-6-9-17(13)15(11-18)14(16)10-12(2)3/h12-15,18H,4-11,16H2,1-3H3. The van der Waals surface area contributed by atoms with E-state index < -0.39 is 0 Å². The second-order valence-corrected chi connectivity index (χ2v) is 6.22. The van der Waals surface area contributed by atoms with Crippen molar-refractivity contribution in [1.82, 2.24) is 4.90 Å². The summed E-state index contributed by atoms with van der Waals surface area (Å²) in [7, 11) is 0. The van der Waals surface area contributed by atoms with Gasteiger partial charge in [0.25, 0.3) is 0 Å². The largest absolute Gasteiger partial charge is 0.395 e. The topological polar surface area (TPSA) is 49.5 Å². The zero-order chi connectivity index (χ0) is 13.5. The van der Waals surface area contributed by atoms with E-state index in [0.717, 1.165) is 13.0 Å². The number of nitrogens with zero attached hydrogens (tertiary/aromatic N) is 1. The fourth-order valence-corrected chi connectivity index (χ4v) is 3.29. The highest BCUT2D eigenvalue weighted by molar-refractivity contribution is 4.88. The van der Waals surface area contributed by atoms with E-state index >= 15 is 0 Å². The van der Waals surface area contributed by atoms with Crippen molar-refractivity contribution in [1.29, 1.82) is 0 Å². The van der Waals surface area contributed by atoms with Crippen molar-refractivity contribution in [3.8, 4) is 0 Å². The molecule has 0 radical (unpaired) electrons. The molecule has 0 aliphatic carbocycles. The molecule has 3 atom stereocenters. The zero-order valence-corrected chi connectivity index (χ0v) is 12.4. The first-order chi connectivity index (χ1) is 8.60. The Morgan fingerprint density at radius 2 is 2.06 bits per heavy atom. The third-order valence-electron chi connectivity index (χ3n) is 4.15. The Morgan fingerprint density at radius 3 is 2.61 bits per heavy atom. The molecule has 3 heteroatoms. The molecule has 3 unspecified atom stereocenters. The quantitative estimate of drug-likeness (QED) is 0.735. The van der Waals surface area contributed by atoms with Crippen molar-refractivity contribution >= 4 is 0 Å². The Bertz CT molecular complexity index is 219. The van der Waals surface area contributed by atoms with E-state index in [9.17, 15) is 5.11 Å². The molecule has 1 aliphatic heterocycles. The molecular weight excluding hydrogens is 224 g/mol. The fourth-order valence-electron chi connectivity index (χ4n) is 3.29. The van der Waals surface area contributed by atoms with Crippen molar-refractivity contribution in [3.63, 3.8) is 0 Å². The lowest BCUT2D eigenvalue weighted by Crippen LogP contribution is -2.55. The van der Waals surface area contributed by atoms with Gasteiger partial charge in [0, 0.05) is 18.1 Å². The monoisotopic (exact) mass is 256 g/mol. The number of nitrogens with two attached hydrogens (primary N) is 1. The van der Waals surface area contributed by atoms with Crippen LogP contribution in [0.25, 0.3) is 0 Å². The highest BCUT2D eigenvalue weighted by Crippen LogP contribution is 2.25. The minimum Gasteiger partial charge on any atom is -0.395 e. The van der Waals surface area contributed by atoms with E-state index in [-0.39, 0.29) is 18.7 Å². The molecule has 0 amide bonds. The molecule has 3 nitrogen and oxygen atoms in total. The van der Waals surface area contributed by atoms with Crippen LogP contribution in [-0.4, -0.2) is 41.3 Å². The van der Waals surface area contributed by atoms with Crippen LogP contribution in [0, 0.1) is 5.92 Å². The third kappa shape index (κ3) is 4.52. The van der Waals surface area contributed by atoms with E-state index in [0.29, 0.717) is 12.0 Å². The second-order valence-electron chi connectivity index (χ2n) is 6.22. The van der Waals surface area contributed by atoms with Gasteiger partial charge >= 0.3 is 0 Å². The Morgan fingerprint density at radius 1 is 1.33 bits per heavy atom. The van der Waals surface area contributed by atoms with Crippen LogP contribution in [0.2, 0.25) is 0 Å². The predicted molar refractivity (Wildman–Crippen MR) is 77.6 cm³/mol. The van der Waals surface area contributed by atoms with Gasteiger partial charge in [-0.1, -0.05) is 33.6 Å². The molecule has 0 aromatic carbocycles. The number of aliphatic hydroxyl groups is 1. The SMILES string of the molecule is CCCC1CCCCN1C(CO)C(N)CC(C)C. The van der Waals surface area contributed by atoms with Gasteiger partial charge in [-0.15, -0.1) is 0 Å². The van der Waals surface area contributed by atoms with E-state index in [4.69, 9.17) is 5.73 Å². The van der Waals surface area contributed by atoms with Crippen molar-refractivity contribution in [2.45, 2.75) is 77.4 Å². The molecule has 1 saturated heterocycles. The van der Waals surface area contributed by atoms with Gasteiger partial charge in [0.15, 0.2) is 0 Å². The molecule has 3 N–H and O–H groups in total. The number of rotatable bonds is 7. The first-order valence-corrected chi connectivity index (χ1v) is 7.72. The van der Waals surface area contributed by atoms with Crippen molar-refractivity contribution in [2.75, 3.05) is 13.2 Å². The molecule has 1 fully saturated rings. The van der Waals surface area contributed by atoms with Gasteiger partial charge in [0.2, 0.25) is 0 Å². The van der Waals surface area contributed by atoms with Gasteiger partial charge in [0.05, 0.1) is 6.61 Å². The molecule has 108 valence electrons. The van der Waals surface area contributed by atoms with Crippen LogP contribution in [0.5, 0.6) is 0 Å². The Labute approximate surface area is 113 Å². The molecule has 1 aliphatic rings. The normalized spacial score (nSPS) is 25.3. The lowest BCUT2D eigenvalue weighted by Gasteiger charge is -2.43. The number of piperidine rings is 1. The second kappa shape index (κ2) is 8.13. The fraction of sp³-hybridized carbons (Fsp3) is 1.00. The summed E-state index contributed by atoms with van der Waals surface area (Å²) in [5.41, 5.74) is 6.32. The summed E-state index contributed by atoms with van der Waals surface area (Å²) in [6, 6.07) is 0.899. The van der Waals surface area contributed by atoms with Crippen LogP contribution in [-0.2, 0) is 0 Å². The molecule has 0 aromatic rings. The van der Waals surface area contributed by atoms with E-state index in [1.165, 1.54) is 32.1 Å². The summed E-state index contributed by atoms with van der Waals surface area (Å²) >= 11 is 0. The molecule has 18 heavy (non-hydrogen) atoms. The summed E-state index contributed by atoms with van der Waals surface area (Å²) < 4.78 is 0. The lowest BCUT2D eigenvalue weighted by atomic mass is 9.91. The molecule has 1 rings (SSSR count). The Kier molecular flexibility index (Phi) is 7.20. The Balaban J connectivity index is 2.64. The van der Waals surface area contributed by atoms with Crippen LogP contribution >= 0.6 is 0 Å². The van der Waals surface area contributed by atoms with E-state index in [1.807, 2.05) is 0 Å². The smallest absolute Gasteiger partial charge is 0.0602 e. The maximum atomic E-state index is 9.73. The first kappa shape index (κ1) is 15.9. The number of hydrogen-bond acceptors (Lipinski definition) is 3. The average Bonchev–Trinajstić information content (AvgIpc) is 2.31. The van der Waals surface area contributed by atoms with Gasteiger partial charge in [-0.05, 0) is 38.1 Å². The molecular formula is C15H32N2O. The highest BCUT2D eigenvalue weighted by Gasteiger charge is 2.31. The third-order valence-corrected chi connectivity index (χ3v) is 4.15. The predicted octanol–water partition coefficient (Wildman–Crippen LogP) is 2.38. The number of likely N-dealkylation sites (tertiary alicyclic amines) is 1. The van der Waals surface area contributed by atoms with Crippen molar-refractivity contribution in [3.05, 3.63) is 0 Å². The summed E-state index contributed by atoms with van der Waals surface area (Å²) in [6.07, 6.45) is 7.33. The lowest BCUT2D eigenvalue weighted by molar-refractivity contribution is 0.0360. The van der Waals surface area contributed by atoms with Crippen molar-refractivity contribution < 1.29 is 5.11 Å². The average molecular weight is 256 g/mol. The van der Waals surface area contributed by atoms with Gasteiger partial charge < -0.3 is 10.8 Å². The highest BCUT2D eigenvalue weighted by atomic mass is 16.3. The zero-order valence-electron chi connectivity index (χ0n) is 12.4. The minimum absolute atomic E-state index is 0.104. The van der Waals surface area contributed by atoms with E-state index in [1.54, 1.807) is 0 Å². The number of hydrogen-bond donors (Lipinski definition) is 2. The van der Waals surface area contributed by atoms with Gasteiger partial charge in [-0.25, -0.2) is 0 Å². The van der Waals surface area contributed by atoms with Crippen molar-refractivity contribution in [2.24, 2.45) is 11.7 Å². The maximum absolute atomic E-state index is 9.73. The number of aliphatic hydroxyl groups excluding tert-OH is 1. The molecule has 1 heterocycles. The van der Waals surface area contributed by atoms with Gasteiger partial charge in [-0.2, -0.15) is 0 Å². The maximum Gasteiger partial charge on any atom is 0.0602 e. The summed E-state index contributed by atoms with van der Waals surface area (Å²) in [5, 5.41) is 9.73. The summed E-state index contributed by atoms with van der Waals surface area (Å²) in [6.45, 7) is 7.96. The van der Waals surface area contributed by atoms with Crippen LogP contribution in [0.3, 0.4) is 0 Å².